The molecule has 1 aliphatic carbocycles. The van der Waals surface area contributed by atoms with Gasteiger partial charge in [-0.1, -0.05) is 37.5 Å². The standard InChI is InChI=1S/C14H19NO/c1-3-13-6-5-7-14(12-13)8-9-15(4-2)10-11-16/h3-6,10-12,14,16H,1-2,7-9H2. The van der Waals surface area contributed by atoms with Crippen LogP contribution in [-0.2, 0) is 0 Å². The number of hydrogen-bond donors (Lipinski definition) is 1. The zero-order valence-electron chi connectivity index (χ0n) is 9.55. The average Bonchev–Trinajstić information content (AvgIpc) is 2.34. The topological polar surface area (TPSA) is 23.5 Å². The Bertz CT molecular complexity index is 326. The van der Waals surface area contributed by atoms with Crippen LogP contribution in [0.3, 0.4) is 0 Å². The van der Waals surface area contributed by atoms with Gasteiger partial charge in [0.1, 0.15) is 0 Å². The normalized spacial score (nSPS) is 19.5. The van der Waals surface area contributed by atoms with Crippen molar-refractivity contribution in [3.05, 3.63) is 61.7 Å². The van der Waals surface area contributed by atoms with Crippen LogP contribution in [0.5, 0.6) is 0 Å². The predicted molar refractivity (Wildman–Crippen MR) is 68.8 cm³/mol. The minimum Gasteiger partial charge on any atom is -0.514 e. The lowest BCUT2D eigenvalue weighted by Gasteiger charge is -2.19. The van der Waals surface area contributed by atoms with Crippen molar-refractivity contribution in [1.29, 1.82) is 0 Å². The minimum absolute atomic E-state index is 0.549. The fraction of sp³-hybridized carbons (Fsp3) is 0.286. The monoisotopic (exact) mass is 217 g/mol. The van der Waals surface area contributed by atoms with Gasteiger partial charge in [0.2, 0.25) is 0 Å². The number of rotatable bonds is 6. The van der Waals surface area contributed by atoms with E-state index in [0.29, 0.717) is 5.92 Å². The Labute approximate surface area is 97.6 Å². The summed E-state index contributed by atoms with van der Waals surface area (Å²) in [5.74, 6) is 0.549. The fourth-order valence-corrected chi connectivity index (χ4v) is 1.74. The zero-order chi connectivity index (χ0) is 11.8. The van der Waals surface area contributed by atoms with Gasteiger partial charge < -0.3 is 10.0 Å². The van der Waals surface area contributed by atoms with Gasteiger partial charge in [-0.05, 0) is 30.5 Å². The third-order valence-corrected chi connectivity index (χ3v) is 2.66. The Balaban J connectivity index is 2.43. The van der Waals surface area contributed by atoms with E-state index in [-0.39, 0.29) is 0 Å². The van der Waals surface area contributed by atoms with Crippen LogP contribution in [0.1, 0.15) is 12.8 Å². The molecule has 0 aromatic carbocycles. The molecule has 0 saturated carbocycles. The molecule has 0 heterocycles. The molecule has 0 spiro atoms. The first-order valence-electron chi connectivity index (χ1n) is 5.50. The second kappa shape index (κ2) is 6.72. The van der Waals surface area contributed by atoms with Crippen molar-refractivity contribution in [2.24, 2.45) is 5.92 Å². The molecule has 2 nitrogen and oxygen atoms in total. The first-order chi connectivity index (χ1) is 7.80. The van der Waals surface area contributed by atoms with Gasteiger partial charge in [-0.25, -0.2) is 0 Å². The number of hydrogen-bond acceptors (Lipinski definition) is 2. The Morgan fingerprint density at radius 1 is 1.50 bits per heavy atom. The van der Waals surface area contributed by atoms with Crippen LogP contribution in [0.15, 0.2) is 61.7 Å². The number of allylic oxidation sites excluding steroid dienone is 5. The molecule has 0 aliphatic heterocycles. The molecule has 2 heteroatoms. The highest BCUT2D eigenvalue weighted by molar-refractivity contribution is 5.32. The predicted octanol–water partition coefficient (Wildman–Crippen LogP) is 3.54. The number of nitrogens with zero attached hydrogens (tertiary/aromatic N) is 1. The van der Waals surface area contributed by atoms with Gasteiger partial charge in [0, 0.05) is 12.7 Å². The van der Waals surface area contributed by atoms with Crippen LogP contribution >= 0.6 is 0 Å². The second-order valence-corrected chi connectivity index (χ2v) is 3.78. The lowest BCUT2D eigenvalue weighted by Crippen LogP contribution is -2.14. The third kappa shape index (κ3) is 3.81. The second-order valence-electron chi connectivity index (χ2n) is 3.78. The van der Waals surface area contributed by atoms with Crippen molar-refractivity contribution >= 4 is 0 Å². The summed E-state index contributed by atoms with van der Waals surface area (Å²) in [7, 11) is 0. The maximum atomic E-state index is 8.68. The maximum absolute atomic E-state index is 8.68. The molecule has 0 radical (unpaired) electrons. The van der Waals surface area contributed by atoms with Crippen molar-refractivity contribution < 1.29 is 5.11 Å². The summed E-state index contributed by atoms with van der Waals surface area (Å²) in [6.45, 7) is 8.32. The van der Waals surface area contributed by atoms with E-state index in [2.05, 4.69) is 31.4 Å². The first-order valence-corrected chi connectivity index (χ1v) is 5.50. The summed E-state index contributed by atoms with van der Waals surface area (Å²) < 4.78 is 0. The molecule has 0 aromatic rings. The summed E-state index contributed by atoms with van der Waals surface area (Å²) in [6.07, 6.45) is 14.9. The first kappa shape index (κ1) is 12.4. The fourth-order valence-electron chi connectivity index (χ4n) is 1.74. The molecule has 0 fully saturated rings. The van der Waals surface area contributed by atoms with Crippen LogP contribution < -0.4 is 0 Å². The molecule has 86 valence electrons. The smallest absolute Gasteiger partial charge is 0.0953 e. The van der Waals surface area contributed by atoms with Gasteiger partial charge in [-0.15, -0.1) is 0 Å². The molecule has 1 rings (SSSR count). The Morgan fingerprint density at radius 3 is 2.94 bits per heavy atom. The van der Waals surface area contributed by atoms with E-state index >= 15 is 0 Å². The summed E-state index contributed by atoms with van der Waals surface area (Å²) >= 11 is 0. The van der Waals surface area contributed by atoms with Gasteiger partial charge in [0.05, 0.1) is 6.26 Å². The molecule has 0 bridgehead atoms. The molecule has 1 atom stereocenters. The Kier molecular flexibility index (Phi) is 5.20. The highest BCUT2D eigenvalue weighted by Gasteiger charge is 2.08. The molecule has 1 N–H and O–H groups in total. The number of aliphatic hydroxyl groups is 1. The summed E-state index contributed by atoms with van der Waals surface area (Å²) in [4.78, 5) is 1.87. The van der Waals surface area contributed by atoms with Crippen LogP contribution in [0.2, 0.25) is 0 Å². The van der Waals surface area contributed by atoms with Gasteiger partial charge in [-0.3, -0.25) is 0 Å². The Morgan fingerprint density at radius 2 is 2.31 bits per heavy atom. The minimum atomic E-state index is 0.549. The van der Waals surface area contributed by atoms with Crippen LogP contribution in [0.4, 0.5) is 0 Å². The zero-order valence-corrected chi connectivity index (χ0v) is 9.55. The third-order valence-electron chi connectivity index (χ3n) is 2.66. The molecular weight excluding hydrogens is 198 g/mol. The van der Waals surface area contributed by atoms with Crippen molar-refractivity contribution in [2.75, 3.05) is 6.54 Å². The quantitative estimate of drug-likeness (QED) is 0.688. The van der Waals surface area contributed by atoms with Crippen LogP contribution in [0, 0.1) is 5.92 Å². The van der Waals surface area contributed by atoms with Gasteiger partial charge in [0.15, 0.2) is 0 Å². The highest BCUT2D eigenvalue weighted by atomic mass is 16.2. The maximum Gasteiger partial charge on any atom is 0.0953 e. The molecule has 1 unspecified atom stereocenters. The van der Waals surface area contributed by atoms with Crippen molar-refractivity contribution in [3.8, 4) is 0 Å². The van der Waals surface area contributed by atoms with Crippen molar-refractivity contribution in [3.63, 3.8) is 0 Å². The highest BCUT2D eigenvalue weighted by Crippen LogP contribution is 2.20. The summed E-state index contributed by atoms with van der Waals surface area (Å²) in [6, 6.07) is 0. The lowest BCUT2D eigenvalue weighted by molar-refractivity contribution is 0.411. The molecular formula is C14H19NO. The number of aliphatic hydroxyl groups excluding tert-OH is 1. The largest absolute Gasteiger partial charge is 0.514 e. The SMILES string of the molecule is C=CC1=CC(CCN(C=C)C=CO)CC=C1. The van der Waals surface area contributed by atoms with E-state index < -0.39 is 0 Å². The van der Waals surface area contributed by atoms with E-state index in [9.17, 15) is 0 Å². The molecule has 0 saturated heterocycles. The van der Waals surface area contributed by atoms with Crippen molar-refractivity contribution in [2.45, 2.75) is 12.8 Å². The van der Waals surface area contributed by atoms with Gasteiger partial charge in [-0.2, -0.15) is 0 Å². The molecule has 0 amide bonds. The van der Waals surface area contributed by atoms with Crippen LogP contribution in [-0.4, -0.2) is 16.6 Å². The van der Waals surface area contributed by atoms with E-state index in [4.69, 9.17) is 5.11 Å². The molecule has 1 aliphatic rings. The van der Waals surface area contributed by atoms with E-state index in [1.165, 1.54) is 5.57 Å². The van der Waals surface area contributed by atoms with Crippen molar-refractivity contribution in [1.82, 2.24) is 4.90 Å². The van der Waals surface area contributed by atoms with E-state index in [0.717, 1.165) is 25.6 Å². The van der Waals surface area contributed by atoms with E-state index in [1.54, 1.807) is 12.4 Å². The summed E-state index contributed by atoms with van der Waals surface area (Å²) in [5.41, 5.74) is 1.19. The van der Waals surface area contributed by atoms with E-state index in [1.807, 2.05) is 11.0 Å². The van der Waals surface area contributed by atoms with Gasteiger partial charge >= 0.3 is 0 Å². The molecule has 16 heavy (non-hydrogen) atoms. The van der Waals surface area contributed by atoms with Gasteiger partial charge in [0.25, 0.3) is 0 Å². The molecule has 0 aromatic heterocycles. The summed E-state index contributed by atoms with van der Waals surface area (Å²) in [5, 5.41) is 8.68. The average molecular weight is 217 g/mol. The Hall–Kier alpha value is -1.70. The van der Waals surface area contributed by atoms with Crippen LogP contribution in [0.25, 0.3) is 0 Å². The lowest BCUT2D eigenvalue weighted by atomic mass is 9.93.